The van der Waals surface area contributed by atoms with E-state index in [4.69, 9.17) is 5.10 Å². The van der Waals surface area contributed by atoms with E-state index in [-0.39, 0.29) is 11.8 Å². The Labute approximate surface area is 175 Å². The Hall–Kier alpha value is -3.60. The highest BCUT2D eigenvalue weighted by molar-refractivity contribution is 6.17. The number of nitrogens with zero attached hydrogens (tertiary/aromatic N) is 3. The third kappa shape index (κ3) is 2.29. The van der Waals surface area contributed by atoms with Gasteiger partial charge in [-0.05, 0) is 43.5 Å². The molecule has 1 saturated carbocycles. The van der Waals surface area contributed by atoms with Crippen LogP contribution in [0.4, 0.5) is 17.1 Å². The number of hydrazone groups is 1. The van der Waals surface area contributed by atoms with Crippen molar-refractivity contribution in [3.63, 3.8) is 0 Å². The zero-order chi connectivity index (χ0) is 20.1. The molecule has 0 unspecified atom stereocenters. The summed E-state index contributed by atoms with van der Waals surface area (Å²) in [4.78, 5) is 15.7. The standard InChI is InChI=1S/C25H22N4O/c30-24-20-14-9-17-25(20)28(22-16-8-7-15-21(22)26-24)23(18-10-3-1-4-11-18)27-29(25)19-12-5-2-6-13-19/h1-8,10-13,15-16,20H,9,14,17H2,(H,26,30)/t20-,25+/m0/s1. The first-order valence-electron chi connectivity index (χ1n) is 10.5. The summed E-state index contributed by atoms with van der Waals surface area (Å²) < 4.78 is 0. The summed E-state index contributed by atoms with van der Waals surface area (Å²) in [6.45, 7) is 0. The van der Waals surface area contributed by atoms with Crippen molar-refractivity contribution < 1.29 is 4.79 Å². The minimum Gasteiger partial charge on any atom is -0.324 e. The van der Waals surface area contributed by atoms with E-state index < -0.39 is 5.66 Å². The molecule has 1 aliphatic carbocycles. The molecule has 1 fully saturated rings. The maximum Gasteiger partial charge on any atom is 0.231 e. The molecule has 1 N–H and O–H groups in total. The van der Waals surface area contributed by atoms with E-state index in [2.05, 4.69) is 45.6 Å². The highest BCUT2D eigenvalue weighted by atomic mass is 16.2. The number of para-hydroxylation sites is 3. The number of nitrogens with one attached hydrogen (secondary N) is 1. The van der Waals surface area contributed by atoms with Gasteiger partial charge in [0.1, 0.15) is 0 Å². The van der Waals surface area contributed by atoms with E-state index in [1.807, 2.05) is 54.6 Å². The van der Waals surface area contributed by atoms with E-state index >= 15 is 0 Å². The fourth-order valence-corrected chi connectivity index (χ4v) is 5.28. The third-order valence-electron chi connectivity index (χ3n) is 6.51. The number of hydrogen-bond acceptors (Lipinski definition) is 4. The van der Waals surface area contributed by atoms with Gasteiger partial charge >= 0.3 is 0 Å². The van der Waals surface area contributed by atoms with Crippen molar-refractivity contribution in [2.45, 2.75) is 24.9 Å². The molecule has 6 rings (SSSR count). The Balaban J connectivity index is 1.65. The van der Waals surface area contributed by atoms with Gasteiger partial charge in [-0.2, -0.15) is 5.10 Å². The van der Waals surface area contributed by atoms with E-state index in [1.54, 1.807) is 0 Å². The molecule has 5 nitrogen and oxygen atoms in total. The van der Waals surface area contributed by atoms with E-state index in [9.17, 15) is 4.79 Å². The molecule has 3 aromatic rings. The lowest BCUT2D eigenvalue weighted by Gasteiger charge is -2.44. The average Bonchev–Trinajstić information content (AvgIpc) is 3.36. The molecule has 1 spiro atoms. The lowest BCUT2D eigenvalue weighted by molar-refractivity contribution is -0.121. The highest BCUT2D eigenvalue weighted by Gasteiger charge is 2.61. The lowest BCUT2D eigenvalue weighted by Crippen LogP contribution is -2.60. The summed E-state index contributed by atoms with van der Waals surface area (Å²) in [5.74, 6) is 0.776. The van der Waals surface area contributed by atoms with Crippen LogP contribution in [0, 0.1) is 5.92 Å². The fourth-order valence-electron chi connectivity index (χ4n) is 5.28. The molecule has 2 heterocycles. The molecule has 1 amide bonds. The summed E-state index contributed by atoms with van der Waals surface area (Å²) in [6, 6.07) is 28.6. The van der Waals surface area contributed by atoms with Crippen molar-refractivity contribution >= 4 is 28.8 Å². The van der Waals surface area contributed by atoms with E-state index in [1.165, 1.54) is 0 Å². The van der Waals surface area contributed by atoms with Gasteiger partial charge < -0.3 is 5.32 Å². The monoisotopic (exact) mass is 394 g/mol. The molecular weight excluding hydrogens is 372 g/mol. The van der Waals surface area contributed by atoms with Gasteiger partial charge in [0.05, 0.1) is 23.0 Å². The Bertz CT molecular complexity index is 1140. The zero-order valence-corrected chi connectivity index (χ0v) is 16.5. The molecule has 2 aliphatic heterocycles. The topological polar surface area (TPSA) is 47.9 Å². The Morgan fingerprint density at radius 1 is 0.900 bits per heavy atom. The summed E-state index contributed by atoms with van der Waals surface area (Å²) in [5.41, 5.74) is 3.34. The third-order valence-corrected chi connectivity index (χ3v) is 6.51. The van der Waals surface area contributed by atoms with Crippen LogP contribution in [-0.4, -0.2) is 17.4 Å². The predicted octanol–water partition coefficient (Wildman–Crippen LogP) is 4.82. The van der Waals surface area contributed by atoms with Crippen molar-refractivity contribution in [3.8, 4) is 0 Å². The smallest absolute Gasteiger partial charge is 0.231 e. The molecule has 30 heavy (non-hydrogen) atoms. The largest absolute Gasteiger partial charge is 0.324 e. The van der Waals surface area contributed by atoms with Crippen molar-refractivity contribution in [3.05, 3.63) is 90.5 Å². The molecular formula is C25H22N4O. The Morgan fingerprint density at radius 3 is 2.40 bits per heavy atom. The second-order valence-corrected chi connectivity index (χ2v) is 8.10. The van der Waals surface area contributed by atoms with Gasteiger partial charge in [0, 0.05) is 5.56 Å². The van der Waals surface area contributed by atoms with E-state index in [0.717, 1.165) is 47.7 Å². The number of carbonyl (C=O) groups is 1. The van der Waals surface area contributed by atoms with Gasteiger partial charge in [0.15, 0.2) is 11.5 Å². The number of carbonyl (C=O) groups excluding carboxylic acids is 1. The number of amidine groups is 1. The van der Waals surface area contributed by atoms with Crippen molar-refractivity contribution in [1.82, 2.24) is 0 Å². The maximum absolute atomic E-state index is 13.4. The summed E-state index contributed by atoms with van der Waals surface area (Å²) in [6.07, 6.45) is 2.70. The van der Waals surface area contributed by atoms with Gasteiger partial charge in [-0.1, -0.05) is 60.7 Å². The second-order valence-electron chi connectivity index (χ2n) is 8.10. The van der Waals surface area contributed by atoms with Crippen LogP contribution in [0.3, 0.4) is 0 Å². The molecule has 0 radical (unpaired) electrons. The number of benzene rings is 3. The van der Waals surface area contributed by atoms with Crippen LogP contribution in [-0.2, 0) is 4.79 Å². The van der Waals surface area contributed by atoms with Gasteiger partial charge in [-0.25, -0.2) is 5.01 Å². The fraction of sp³-hybridized carbons (Fsp3) is 0.200. The highest BCUT2D eigenvalue weighted by Crippen LogP contribution is 2.53. The number of amides is 1. The predicted molar refractivity (Wildman–Crippen MR) is 120 cm³/mol. The van der Waals surface area contributed by atoms with Gasteiger partial charge in [0.2, 0.25) is 5.91 Å². The second kappa shape index (κ2) is 6.46. The van der Waals surface area contributed by atoms with Crippen LogP contribution in [0.25, 0.3) is 0 Å². The van der Waals surface area contributed by atoms with Crippen LogP contribution in [0.5, 0.6) is 0 Å². The average molecular weight is 394 g/mol. The van der Waals surface area contributed by atoms with Crippen molar-refractivity contribution in [2.24, 2.45) is 11.0 Å². The molecule has 0 aromatic heterocycles. The van der Waals surface area contributed by atoms with Crippen molar-refractivity contribution in [1.29, 1.82) is 0 Å². The van der Waals surface area contributed by atoms with Gasteiger partial charge in [0.25, 0.3) is 0 Å². The maximum atomic E-state index is 13.4. The number of anilines is 3. The Morgan fingerprint density at radius 2 is 1.60 bits per heavy atom. The quantitative estimate of drug-likeness (QED) is 0.678. The Kier molecular flexibility index (Phi) is 3.72. The molecule has 148 valence electrons. The van der Waals surface area contributed by atoms with Crippen LogP contribution >= 0.6 is 0 Å². The van der Waals surface area contributed by atoms with Crippen LogP contribution < -0.4 is 15.2 Å². The molecule has 5 heteroatoms. The van der Waals surface area contributed by atoms with Crippen LogP contribution in [0.2, 0.25) is 0 Å². The summed E-state index contributed by atoms with van der Waals surface area (Å²) in [7, 11) is 0. The molecule has 3 aliphatic rings. The molecule has 0 saturated heterocycles. The van der Waals surface area contributed by atoms with E-state index in [0.29, 0.717) is 0 Å². The van der Waals surface area contributed by atoms with Crippen LogP contribution in [0.15, 0.2) is 90.0 Å². The minimum atomic E-state index is -0.552. The first-order valence-corrected chi connectivity index (χ1v) is 10.5. The first kappa shape index (κ1) is 17.3. The van der Waals surface area contributed by atoms with Crippen LogP contribution in [0.1, 0.15) is 24.8 Å². The number of hydrogen-bond donors (Lipinski definition) is 1. The van der Waals surface area contributed by atoms with Crippen molar-refractivity contribution in [2.75, 3.05) is 15.2 Å². The molecule has 0 bridgehead atoms. The SMILES string of the molecule is O=C1Nc2ccccc2N2C(c3ccccc3)=NN(c3ccccc3)[C@@]23CCC[C@@H]13. The number of rotatable bonds is 2. The first-order chi connectivity index (χ1) is 14.8. The lowest BCUT2D eigenvalue weighted by atomic mass is 9.92. The summed E-state index contributed by atoms with van der Waals surface area (Å²) >= 11 is 0. The number of fused-ring (bicyclic) bond motifs is 2. The molecule has 3 aromatic carbocycles. The summed E-state index contributed by atoms with van der Waals surface area (Å²) in [5, 5.41) is 10.5. The normalized spacial score (nSPS) is 24.5. The van der Waals surface area contributed by atoms with Gasteiger partial charge in [-0.3, -0.25) is 9.69 Å². The van der Waals surface area contributed by atoms with Gasteiger partial charge in [-0.15, -0.1) is 0 Å². The zero-order valence-electron chi connectivity index (χ0n) is 16.5. The minimum absolute atomic E-state index is 0.0768. The molecule has 2 atom stereocenters.